The van der Waals surface area contributed by atoms with E-state index in [4.69, 9.17) is 4.74 Å². The lowest BCUT2D eigenvalue weighted by Gasteiger charge is -2.34. The maximum absolute atomic E-state index is 13.2. The van der Waals surface area contributed by atoms with E-state index in [0.717, 1.165) is 17.5 Å². The summed E-state index contributed by atoms with van der Waals surface area (Å²) in [5.41, 5.74) is 2.48. The lowest BCUT2D eigenvalue weighted by atomic mass is 9.94. The number of carbonyl (C=O) groups excluding carboxylic acids is 2. The number of fused-ring (bicyclic) bond motifs is 1. The number of carbonyl (C=O) groups is 2. The van der Waals surface area contributed by atoms with Gasteiger partial charge < -0.3 is 15.0 Å². The van der Waals surface area contributed by atoms with Crippen LogP contribution in [0.1, 0.15) is 42.0 Å². The molecule has 4 rings (SSSR count). The zero-order valence-corrected chi connectivity index (χ0v) is 19.5. The zero-order chi connectivity index (χ0) is 23.6. The van der Waals surface area contributed by atoms with Crippen LogP contribution < -0.4 is 5.32 Å². The molecule has 0 aliphatic carbocycles. The van der Waals surface area contributed by atoms with E-state index in [-0.39, 0.29) is 23.1 Å². The van der Waals surface area contributed by atoms with Crippen LogP contribution in [-0.4, -0.2) is 51.2 Å². The van der Waals surface area contributed by atoms with Gasteiger partial charge in [-0.2, -0.15) is 8.42 Å². The number of benzene rings is 2. The molecule has 1 amide bonds. The molecular weight excluding hydrogens is 442 g/mol. The smallest absolute Gasteiger partial charge is 0.307 e. The normalized spacial score (nSPS) is 19.9. The van der Waals surface area contributed by atoms with E-state index >= 15 is 0 Å². The molecule has 2 aliphatic heterocycles. The number of nitrogens with zero attached hydrogens (tertiary/aromatic N) is 2. The number of rotatable bonds is 5. The number of nitrogens with one attached hydrogen (secondary N) is 1. The predicted octanol–water partition coefficient (Wildman–Crippen LogP) is 2.58. The molecule has 8 nitrogen and oxygen atoms in total. The second kappa shape index (κ2) is 9.35. The quantitative estimate of drug-likeness (QED) is 0.675. The molecule has 174 valence electrons. The number of amidine groups is 1. The number of amides is 1. The Labute approximate surface area is 193 Å². The van der Waals surface area contributed by atoms with Crippen molar-refractivity contribution in [2.24, 2.45) is 10.3 Å². The largest absolute Gasteiger partial charge is 0.469 e. The Bertz CT molecular complexity index is 1190. The first-order chi connectivity index (χ1) is 15.8. The molecule has 0 bridgehead atoms. The van der Waals surface area contributed by atoms with Gasteiger partial charge in [-0.15, -0.1) is 4.40 Å². The molecule has 0 saturated carbocycles. The summed E-state index contributed by atoms with van der Waals surface area (Å²) in [5, 5.41) is 3.01. The summed E-state index contributed by atoms with van der Waals surface area (Å²) in [4.78, 5) is 27.2. The van der Waals surface area contributed by atoms with E-state index in [2.05, 4.69) is 9.71 Å². The molecule has 1 fully saturated rings. The third-order valence-electron chi connectivity index (χ3n) is 6.10. The highest BCUT2D eigenvalue weighted by molar-refractivity contribution is 7.90. The summed E-state index contributed by atoms with van der Waals surface area (Å²) in [6.45, 7) is 2.95. The van der Waals surface area contributed by atoms with Crippen LogP contribution in [0.2, 0.25) is 0 Å². The van der Waals surface area contributed by atoms with Crippen LogP contribution in [0.4, 0.5) is 0 Å². The molecule has 1 saturated heterocycles. The highest BCUT2D eigenvalue weighted by atomic mass is 32.2. The molecule has 1 N–H and O–H groups in total. The predicted molar refractivity (Wildman–Crippen MR) is 123 cm³/mol. The summed E-state index contributed by atoms with van der Waals surface area (Å²) in [6, 6.07) is 13.9. The maximum Gasteiger partial charge on any atom is 0.307 e. The summed E-state index contributed by atoms with van der Waals surface area (Å²) < 4.78 is 33.7. The van der Waals surface area contributed by atoms with Crippen molar-refractivity contribution in [2.45, 2.75) is 37.1 Å². The fraction of sp³-hybridized carbons (Fsp3) is 0.375. The van der Waals surface area contributed by atoms with Crippen molar-refractivity contribution in [3.8, 4) is 0 Å². The standard InChI is InChI=1S/C24H27N3O5S/c1-16-9-11-17(12-10-16)20(14-22(28)32-2)25-24(29)18-6-5-13-27(15-18)23-19-7-3-4-8-21(19)33(30,31)26-23/h3-4,7-12,18,20H,5-6,13-15H2,1-2H3,(H,25,29). The summed E-state index contributed by atoms with van der Waals surface area (Å²) in [5.74, 6) is -0.549. The van der Waals surface area contributed by atoms with Crippen LogP contribution >= 0.6 is 0 Å². The topological polar surface area (TPSA) is 105 Å². The zero-order valence-electron chi connectivity index (χ0n) is 18.7. The van der Waals surface area contributed by atoms with Crippen molar-refractivity contribution >= 4 is 27.7 Å². The van der Waals surface area contributed by atoms with Crippen LogP contribution in [0.3, 0.4) is 0 Å². The van der Waals surface area contributed by atoms with Gasteiger partial charge in [0.1, 0.15) is 4.90 Å². The molecular formula is C24H27N3O5S. The number of hydrogen-bond donors (Lipinski definition) is 1. The van der Waals surface area contributed by atoms with Gasteiger partial charge in [-0.25, -0.2) is 0 Å². The number of likely N-dealkylation sites (tertiary alicyclic amines) is 1. The van der Waals surface area contributed by atoms with Gasteiger partial charge >= 0.3 is 5.97 Å². The van der Waals surface area contributed by atoms with Gasteiger partial charge in [0.15, 0.2) is 5.84 Å². The van der Waals surface area contributed by atoms with Gasteiger partial charge in [0.25, 0.3) is 10.0 Å². The molecule has 2 atom stereocenters. The van der Waals surface area contributed by atoms with Crippen LogP contribution in [0.15, 0.2) is 57.8 Å². The summed E-state index contributed by atoms with van der Waals surface area (Å²) >= 11 is 0. The summed E-state index contributed by atoms with van der Waals surface area (Å²) in [6.07, 6.45) is 1.43. The van der Waals surface area contributed by atoms with Crippen LogP contribution in [0, 0.1) is 12.8 Å². The van der Waals surface area contributed by atoms with E-state index in [1.807, 2.05) is 36.1 Å². The minimum Gasteiger partial charge on any atom is -0.469 e. The monoisotopic (exact) mass is 469 g/mol. The molecule has 2 heterocycles. The molecule has 2 unspecified atom stereocenters. The van der Waals surface area contributed by atoms with Crippen molar-refractivity contribution in [3.05, 3.63) is 65.2 Å². The van der Waals surface area contributed by atoms with E-state index in [1.165, 1.54) is 7.11 Å². The second-order valence-corrected chi connectivity index (χ2v) is 10.00. The highest BCUT2D eigenvalue weighted by Crippen LogP contribution is 2.30. The molecule has 33 heavy (non-hydrogen) atoms. The first-order valence-corrected chi connectivity index (χ1v) is 12.4. The SMILES string of the molecule is COC(=O)CC(NC(=O)C1CCCN(C2=NS(=O)(=O)c3ccccc32)C1)c1ccc(C)cc1. The average molecular weight is 470 g/mol. The molecule has 0 aromatic heterocycles. The molecule has 2 aliphatic rings. The minimum absolute atomic E-state index is 0.0278. The fourth-order valence-corrected chi connectivity index (χ4v) is 5.52. The number of esters is 1. The Morgan fingerprint density at radius 2 is 1.91 bits per heavy atom. The van der Waals surface area contributed by atoms with Crippen LogP contribution in [0.25, 0.3) is 0 Å². The van der Waals surface area contributed by atoms with Gasteiger partial charge in [-0.05, 0) is 37.5 Å². The summed E-state index contributed by atoms with van der Waals surface area (Å²) in [7, 11) is -2.40. The third-order valence-corrected chi connectivity index (χ3v) is 7.42. The van der Waals surface area contributed by atoms with Gasteiger partial charge in [-0.1, -0.05) is 42.0 Å². The van der Waals surface area contributed by atoms with E-state index in [1.54, 1.807) is 24.3 Å². The fourth-order valence-electron chi connectivity index (χ4n) is 4.29. The number of piperidine rings is 1. The van der Waals surface area contributed by atoms with Crippen LogP contribution in [-0.2, 0) is 24.3 Å². The highest BCUT2D eigenvalue weighted by Gasteiger charge is 2.35. The number of hydrogen-bond acceptors (Lipinski definition) is 6. The van der Waals surface area contributed by atoms with Crippen molar-refractivity contribution in [1.82, 2.24) is 10.2 Å². The number of methoxy groups -OCH3 is 1. The van der Waals surface area contributed by atoms with Gasteiger partial charge in [0, 0.05) is 18.7 Å². The van der Waals surface area contributed by atoms with Crippen molar-refractivity contribution in [1.29, 1.82) is 0 Å². The first kappa shape index (κ1) is 23.0. The van der Waals surface area contributed by atoms with Crippen molar-refractivity contribution in [3.63, 3.8) is 0 Å². The molecule has 2 aromatic carbocycles. The molecule has 0 radical (unpaired) electrons. The number of aryl methyl sites for hydroxylation is 1. The van der Waals surface area contributed by atoms with Gasteiger partial charge in [-0.3, -0.25) is 9.59 Å². The van der Waals surface area contributed by atoms with E-state index < -0.39 is 22.0 Å². The van der Waals surface area contributed by atoms with Crippen LogP contribution in [0.5, 0.6) is 0 Å². The van der Waals surface area contributed by atoms with E-state index in [9.17, 15) is 18.0 Å². The molecule has 2 aromatic rings. The second-order valence-electron chi connectivity index (χ2n) is 8.42. The minimum atomic E-state index is -3.72. The van der Waals surface area contributed by atoms with Gasteiger partial charge in [0.2, 0.25) is 5.91 Å². The maximum atomic E-state index is 13.2. The Kier molecular flexibility index (Phi) is 6.51. The Morgan fingerprint density at radius 3 is 2.64 bits per heavy atom. The Balaban J connectivity index is 1.51. The van der Waals surface area contributed by atoms with Crippen molar-refractivity contribution < 1.29 is 22.7 Å². The number of sulfonamides is 1. The molecule has 0 spiro atoms. The number of ether oxygens (including phenoxy) is 1. The van der Waals surface area contributed by atoms with Crippen molar-refractivity contribution in [2.75, 3.05) is 20.2 Å². The van der Waals surface area contributed by atoms with Gasteiger partial charge in [0.05, 0.1) is 25.5 Å². The first-order valence-electron chi connectivity index (χ1n) is 10.9. The Hall–Kier alpha value is -3.20. The van der Waals surface area contributed by atoms with E-state index in [0.29, 0.717) is 30.9 Å². The lowest BCUT2D eigenvalue weighted by Crippen LogP contribution is -2.46. The third kappa shape index (κ3) is 4.93. The molecule has 9 heteroatoms. The average Bonchev–Trinajstić information content (AvgIpc) is 3.10. The lowest BCUT2D eigenvalue weighted by molar-refractivity contribution is -0.141. The Morgan fingerprint density at radius 1 is 1.18 bits per heavy atom.